The first-order valence-electron chi connectivity index (χ1n) is 12.7. The van der Waals surface area contributed by atoms with Crippen LogP contribution in [0.5, 0.6) is 0 Å². The summed E-state index contributed by atoms with van der Waals surface area (Å²) in [7, 11) is 0. The maximum Gasteiger partial charge on any atom is 0.306 e. The van der Waals surface area contributed by atoms with Crippen LogP contribution in [0.15, 0.2) is 12.2 Å². The van der Waals surface area contributed by atoms with Gasteiger partial charge in [-0.05, 0) is 56.9 Å². The molecule has 200 valence electrons. The topological polar surface area (TPSA) is 143 Å². The van der Waals surface area contributed by atoms with Gasteiger partial charge in [0.05, 0.1) is 24.9 Å². The summed E-state index contributed by atoms with van der Waals surface area (Å²) in [4.78, 5) is 24.1. The van der Waals surface area contributed by atoms with Crippen molar-refractivity contribution in [1.29, 1.82) is 0 Å². The molecule has 2 saturated heterocycles. The molecule has 9 heteroatoms. The lowest BCUT2D eigenvalue weighted by Gasteiger charge is -2.48. The van der Waals surface area contributed by atoms with E-state index in [1.54, 1.807) is 6.92 Å². The highest BCUT2D eigenvalue weighted by molar-refractivity contribution is 5.70. The second-order valence-electron chi connectivity index (χ2n) is 11.2. The van der Waals surface area contributed by atoms with Gasteiger partial charge in [0.25, 0.3) is 0 Å². The first-order valence-corrected chi connectivity index (χ1v) is 12.7. The van der Waals surface area contributed by atoms with Gasteiger partial charge in [-0.25, -0.2) is 0 Å². The van der Waals surface area contributed by atoms with Gasteiger partial charge in [0.2, 0.25) is 0 Å². The van der Waals surface area contributed by atoms with Gasteiger partial charge < -0.3 is 34.6 Å². The summed E-state index contributed by atoms with van der Waals surface area (Å²) in [6, 6.07) is 0. The first kappa shape index (κ1) is 28.1. The van der Waals surface area contributed by atoms with E-state index in [1.165, 1.54) is 13.8 Å². The zero-order valence-corrected chi connectivity index (χ0v) is 21.5. The molecule has 2 aliphatic heterocycles. The molecular formula is C26H42O9. The molecule has 11 unspecified atom stereocenters. The zero-order valence-electron chi connectivity index (χ0n) is 21.5. The zero-order chi connectivity index (χ0) is 26.3. The van der Waals surface area contributed by atoms with Gasteiger partial charge in [-0.15, -0.1) is 0 Å². The van der Waals surface area contributed by atoms with E-state index < -0.39 is 53.6 Å². The molecule has 3 aliphatic rings. The number of aliphatic hydroxyl groups excluding tert-OH is 3. The van der Waals surface area contributed by atoms with Crippen LogP contribution in [0.3, 0.4) is 0 Å². The molecule has 4 N–H and O–H groups in total. The van der Waals surface area contributed by atoms with Gasteiger partial charge in [0.1, 0.15) is 23.4 Å². The summed E-state index contributed by atoms with van der Waals surface area (Å²) in [5, 5.41) is 44.1. The Labute approximate surface area is 207 Å². The van der Waals surface area contributed by atoms with Gasteiger partial charge in [0.15, 0.2) is 0 Å². The SMILES string of the molecule is C=C1C(O)CC(C(C)COC(C)=O)C2C1C1OC2C(C)(OC(=O)CCC)CCC(O)C(C)(O)C1O. The molecule has 1 saturated carbocycles. The van der Waals surface area contributed by atoms with E-state index in [4.69, 9.17) is 14.2 Å². The van der Waals surface area contributed by atoms with Crippen LogP contribution in [0, 0.1) is 23.7 Å². The Balaban J connectivity index is 2.10. The summed E-state index contributed by atoms with van der Waals surface area (Å²) >= 11 is 0. The molecule has 11 atom stereocenters. The maximum absolute atomic E-state index is 12.7. The van der Waals surface area contributed by atoms with Crippen molar-refractivity contribution in [1.82, 2.24) is 0 Å². The van der Waals surface area contributed by atoms with Crippen molar-refractivity contribution < 1.29 is 44.2 Å². The molecule has 2 bridgehead atoms. The van der Waals surface area contributed by atoms with Gasteiger partial charge in [-0.2, -0.15) is 0 Å². The fraction of sp³-hybridized carbons (Fsp3) is 0.846. The Bertz CT molecular complexity index is 811. The summed E-state index contributed by atoms with van der Waals surface area (Å²) in [5.74, 6) is -2.06. The third-order valence-corrected chi connectivity index (χ3v) is 8.45. The summed E-state index contributed by atoms with van der Waals surface area (Å²) in [6.07, 6.45) is -3.86. The molecule has 2 heterocycles. The van der Waals surface area contributed by atoms with Gasteiger partial charge >= 0.3 is 11.9 Å². The third-order valence-electron chi connectivity index (χ3n) is 8.45. The molecule has 0 aromatic carbocycles. The number of hydrogen-bond donors (Lipinski definition) is 4. The fourth-order valence-electron chi connectivity index (χ4n) is 6.31. The third kappa shape index (κ3) is 5.30. The molecule has 0 spiro atoms. The average Bonchev–Trinajstić information content (AvgIpc) is 3.19. The van der Waals surface area contributed by atoms with E-state index >= 15 is 0 Å². The number of hydrogen-bond acceptors (Lipinski definition) is 9. The molecule has 0 aromatic heterocycles. The number of carbonyl (C=O) groups excluding carboxylic acids is 2. The van der Waals surface area contributed by atoms with Crippen molar-refractivity contribution in [2.45, 2.75) is 108 Å². The predicted octanol–water partition coefficient (Wildman–Crippen LogP) is 1.49. The molecule has 35 heavy (non-hydrogen) atoms. The van der Waals surface area contributed by atoms with Crippen LogP contribution in [-0.2, 0) is 23.8 Å². The van der Waals surface area contributed by atoms with Crippen LogP contribution in [0.25, 0.3) is 0 Å². The number of aliphatic hydroxyl groups is 4. The predicted molar refractivity (Wildman–Crippen MR) is 126 cm³/mol. The standard InChI is InChI=1S/C26H42O9/c1-7-8-19(30)35-25(5)10-9-18(29)26(6,32)23(31)22-20-14(3)17(28)11-16(21(20)24(25)34-22)13(2)12-33-15(4)27/h13,16-18,20-24,28-29,31-32H,3,7-12H2,1-2,4-6H3. The van der Waals surface area contributed by atoms with Crippen LogP contribution in [0.2, 0.25) is 0 Å². The number of fused-ring (bicyclic) bond motifs is 5. The Kier molecular flexibility index (Phi) is 8.38. The Morgan fingerprint density at radius 1 is 1.26 bits per heavy atom. The lowest BCUT2D eigenvalue weighted by atomic mass is 9.59. The lowest BCUT2D eigenvalue weighted by Crippen LogP contribution is -2.58. The summed E-state index contributed by atoms with van der Waals surface area (Å²) in [5.41, 5.74) is -2.58. The monoisotopic (exact) mass is 498 g/mol. The van der Waals surface area contributed by atoms with E-state index in [0.29, 0.717) is 18.4 Å². The number of ether oxygens (including phenoxy) is 3. The quantitative estimate of drug-likeness (QED) is 0.316. The normalized spacial score (nSPS) is 44.4. The molecule has 0 amide bonds. The molecule has 1 aliphatic carbocycles. The maximum atomic E-state index is 12.7. The van der Waals surface area contributed by atoms with Crippen molar-refractivity contribution in [3.8, 4) is 0 Å². The van der Waals surface area contributed by atoms with Crippen LogP contribution in [0.4, 0.5) is 0 Å². The highest BCUT2D eigenvalue weighted by Gasteiger charge is 2.64. The van der Waals surface area contributed by atoms with Gasteiger partial charge in [-0.1, -0.05) is 20.4 Å². The Hall–Kier alpha value is -1.52. The molecule has 0 aromatic rings. The van der Waals surface area contributed by atoms with Crippen molar-refractivity contribution in [3.63, 3.8) is 0 Å². The van der Waals surface area contributed by atoms with Crippen LogP contribution in [0.1, 0.15) is 66.7 Å². The largest absolute Gasteiger partial charge is 0.466 e. The van der Waals surface area contributed by atoms with E-state index in [-0.39, 0.29) is 49.6 Å². The molecule has 3 fully saturated rings. The Morgan fingerprint density at radius 3 is 2.51 bits per heavy atom. The van der Waals surface area contributed by atoms with Crippen molar-refractivity contribution >= 4 is 11.9 Å². The molecule has 0 radical (unpaired) electrons. The van der Waals surface area contributed by atoms with E-state index in [9.17, 15) is 30.0 Å². The summed E-state index contributed by atoms with van der Waals surface area (Å²) in [6.45, 7) is 12.5. The minimum Gasteiger partial charge on any atom is -0.466 e. The number of rotatable bonds is 6. The molecule has 9 nitrogen and oxygen atoms in total. The molecular weight excluding hydrogens is 456 g/mol. The lowest BCUT2D eigenvalue weighted by molar-refractivity contribution is -0.191. The van der Waals surface area contributed by atoms with Crippen LogP contribution < -0.4 is 0 Å². The summed E-state index contributed by atoms with van der Waals surface area (Å²) < 4.78 is 17.8. The second-order valence-corrected chi connectivity index (χ2v) is 11.2. The van der Waals surface area contributed by atoms with E-state index in [0.717, 1.165) is 0 Å². The highest BCUT2D eigenvalue weighted by atomic mass is 16.6. The number of carbonyl (C=O) groups is 2. The van der Waals surface area contributed by atoms with E-state index in [1.807, 2.05) is 13.8 Å². The fourth-order valence-corrected chi connectivity index (χ4v) is 6.31. The second kappa shape index (κ2) is 10.5. The van der Waals surface area contributed by atoms with E-state index in [2.05, 4.69) is 6.58 Å². The number of esters is 2. The Morgan fingerprint density at radius 2 is 1.91 bits per heavy atom. The van der Waals surface area contributed by atoms with Gasteiger partial charge in [0, 0.05) is 25.2 Å². The highest BCUT2D eigenvalue weighted by Crippen LogP contribution is 2.56. The van der Waals surface area contributed by atoms with Crippen molar-refractivity contribution in [2.75, 3.05) is 6.61 Å². The van der Waals surface area contributed by atoms with Crippen molar-refractivity contribution in [3.05, 3.63) is 12.2 Å². The van der Waals surface area contributed by atoms with Gasteiger partial charge in [-0.3, -0.25) is 9.59 Å². The smallest absolute Gasteiger partial charge is 0.306 e. The first-order chi connectivity index (χ1) is 16.2. The molecule has 3 rings (SSSR count). The van der Waals surface area contributed by atoms with Crippen molar-refractivity contribution in [2.24, 2.45) is 23.7 Å². The minimum absolute atomic E-state index is 0.0845. The van der Waals surface area contributed by atoms with Crippen LogP contribution >= 0.6 is 0 Å². The minimum atomic E-state index is -1.90. The average molecular weight is 499 g/mol. The van der Waals surface area contributed by atoms with Crippen LogP contribution in [-0.4, -0.2) is 80.7 Å².